The van der Waals surface area contributed by atoms with Gasteiger partial charge in [0.2, 0.25) is 0 Å². The number of benzene rings is 2. The van der Waals surface area contributed by atoms with Crippen LogP contribution in [0.2, 0.25) is 0 Å². The monoisotopic (exact) mass is 321 g/mol. The van der Waals surface area contributed by atoms with E-state index in [0.29, 0.717) is 0 Å². The van der Waals surface area contributed by atoms with Crippen molar-refractivity contribution in [3.63, 3.8) is 0 Å². The Morgan fingerprint density at radius 3 is 2.67 bits per heavy atom. The number of nitrogens with two attached hydrogens (primary N) is 1. The molecule has 0 aromatic heterocycles. The molecule has 0 unspecified atom stereocenters. The molecule has 2 aromatic carbocycles. The lowest BCUT2D eigenvalue weighted by Crippen LogP contribution is -2.47. The van der Waals surface area contributed by atoms with Gasteiger partial charge in [-0.3, -0.25) is 9.69 Å². The minimum Gasteiger partial charge on any atom is -0.347 e. The molecule has 2 aliphatic heterocycles. The fourth-order valence-electron chi connectivity index (χ4n) is 4.18. The molecular formula is C20H23N3O. The van der Waals surface area contributed by atoms with Crippen molar-refractivity contribution < 1.29 is 4.79 Å². The molecule has 0 bridgehead atoms. The first-order valence-corrected chi connectivity index (χ1v) is 8.49. The normalized spacial score (nSPS) is 29.5. The Morgan fingerprint density at radius 1 is 1.17 bits per heavy atom. The Balaban J connectivity index is 1.64. The molecule has 1 amide bonds. The molecule has 4 rings (SSSR count). The molecule has 24 heavy (non-hydrogen) atoms. The predicted molar refractivity (Wildman–Crippen MR) is 94.5 cm³/mol. The number of nitrogens with one attached hydrogen (secondary N) is 1. The van der Waals surface area contributed by atoms with Crippen molar-refractivity contribution in [1.29, 1.82) is 0 Å². The van der Waals surface area contributed by atoms with Crippen molar-refractivity contribution in [2.75, 3.05) is 13.1 Å². The Bertz CT molecular complexity index is 760. The van der Waals surface area contributed by atoms with Crippen LogP contribution in [-0.4, -0.2) is 29.9 Å². The number of carbonyl (C=O) groups is 1. The summed E-state index contributed by atoms with van der Waals surface area (Å²) in [6.07, 6.45) is 0. The van der Waals surface area contributed by atoms with Crippen molar-refractivity contribution in [2.24, 2.45) is 11.1 Å². The van der Waals surface area contributed by atoms with E-state index < -0.39 is 0 Å². The SMILES string of the molecule is C[C@]12CN(Cc3ccccc3)C[C@@H]1NC(=O)c1ccccc1[C@@H]2N. The van der Waals surface area contributed by atoms with Gasteiger partial charge < -0.3 is 11.1 Å². The number of hydrogen-bond donors (Lipinski definition) is 2. The van der Waals surface area contributed by atoms with E-state index in [4.69, 9.17) is 5.73 Å². The van der Waals surface area contributed by atoms with Crippen molar-refractivity contribution in [1.82, 2.24) is 10.2 Å². The zero-order chi connectivity index (χ0) is 16.7. The minimum absolute atomic E-state index is 0.00339. The van der Waals surface area contributed by atoms with Gasteiger partial charge in [0.05, 0.1) is 6.04 Å². The second-order valence-corrected chi connectivity index (χ2v) is 7.25. The molecule has 0 aliphatic carbocycles. The van der Waals surface area contributed by atoms with Crippen LogP contribution in [0.1, 0.15) is 34.5 Å². The van der Waals surface area contributed by atoms with Crippen molar-refractivity contribution in [3.05, 3.63) is 71.3 Å². The summed E-state index contributed by atoms with van der Waals surface area (Å²) in [7, 11) is 0. The molecule has 0 radical (unpaired) electrons. The predicted octanol–water partition coefficient (Wildman–Crippen LogP) is 2.32. The van der Waals surface area contributed by atoms with E-state index in [2.05, 4.69) is 41.4 Å². The number of amides is 1. The first-order chi connectivity index (χ1) is 11.6. The molecule has 0 saturated carbocycles. The van der Waals surface area contributed by atoms with Crippen LogP contribution in [0.15, 0.2) is 54.6 Å². The highest BCUT2D eigenvalue weighted by molar-refractivity contribution is 5.96. The van der Waals surface area contributed by atoms with Gasteiger partial charge in [-0.25, -0.2) is 0 Å². The molecule has 1 saturated heterocycles. The Kier molecular flexibility index (Phi) is 3.66. The maximum atomic E-state index is 12.6. The van der Waals surface area contributed by atoms with Crippen molar-refractivity contribution in [2.45, 2.75) is 25.6 Å². The summed E-state index contributed by atoms with van der Waals surface area (Å²) in [5.74, 6) is -0.00339. The largest absolute Gasteiger partial charge is 0.347 e. The highest BCUT2D eigenvalue weighted by Crippen LogP contribution is 2.43. The summed E-state index contributed by atoms with van der Waals surface area (Å²) in [6, 6.07) is 18.1. The van der Waals surface area contributed by atoms with Gasteiger partial charge in [0, 0.05) is 36.7 Å². The van der Waals surface area contributed by atoms with Gasteiger partial charge in [0.15, 0.2) is 0 Å². The third-order valence-electron chi connectivity index (χ3n) is 5.61. The van der Waals surface area contributed by atoms with E-state index in [9.17, 15) is 4.79 Å². The van der Waals surface area contributed by atoms with Crippen LogP contribution in [0.25, 0.3) is 0 Å². The highest BCUT2D eigenvalue weighted by atomic mass is 16.1. The summed E-state index contributed by atoms with van der Waals surface area (Å²) >= 11 is 0. The van der Waals surface area contributed by atoms with Gasteiger partial charge in [-0.1, -0.05) is 55.5 Å². The first kappa shape index (κ1) is 15.4. The van der Waals surface area contributed by atoms with E-state index in [1.807, 2.05) is 30.3 Å². The average molecular weight is 321 g/mol. The Labute approximate surface area is 142 Å². The molecule has 4 heteroatoms. The van der Waals surface area contributed by atoms with Crippen LogP contribution >= 0.6 is 0 Å². The topological polar surface area (TPSA) is 58.4 Å². The van der Waals surface area contributed by atoms with Gasteiger partial charge >= 0.3 is 0 Å². The van der Waals surface area contributed by atoms with E-state index in [-0.39, 0.29) is 23.4 Å². The average Bonchev–Trinajstić information content (AvgIpc) is 2.88. The van der Waals surface area contributed by atoms with E-state index in [1.54, 1.807) is 0 Å². The molecule has 2 heterocycles. The van der Waals surface area contributed by atoms with Crippen LogP contribution in [0.3, 0.4) is 0 Å². The number of likely N-dealkylation sites (tertiary alicyclic amines) is 1. The summed E-state index contributed by atoms with van der Waals surface area (Å²) in [5.41, 5.74) is 9.46. The number of nitrogens with zero attached hydrogens (tertiary/aromatic N) is 1. The second kappa shape index (κ2) is 5.72. The molecule has 0 spiro atoms. The van der Waals surface area contributed by atoms with Gasteiger partial charge in [0.25, 0.3) is 5.91 Å². The third-order valence-corrected chi connectivity index (χ3v) is 5.61. The minimum atomic E-state index is -0.170. The molecule has 2 aromatic rings. The first-order valence-electron chi connectivity index (χ1n) is 8.49. The summed E-state index contributed by atoms with van der Waals surface area (Å²) < 4.78 is 0. The van der Waals surface area contributed by atoms with Crippen LogP contribution in [0.4, 0.5) is 0 Å². The zero-order valence-electron chi connectivity index (χ0n) is 13.9. The smallest absolute Gasteiger partial charge is 0.251 e. The molecular weight excluding hydrogens is 298 g/mol. The maximum absolute atomic E-state index is 12.6. The number of hydrogen-bond acceptors (Lipinski definition) is 3. The lowest BCUT2D eigenvalue weighted by molar-refractivity contribution is 0.0918. The summed E-state index contributed by atoms with van der Waals surface area (Å²) in [5, 5.41) is 3.22. The second-order valence-electron chi connectivity index (χ2n) is 7.25. The third kappa shape index (κ3) is 2.43. The van der Waals surface area contributed by atoms with Gasteiger partial charge in [-0.05, 0) is 17.2 Å². The molecule has 3 N–H and O–H groups in total. The molecule has 2 aliphatic rings. The van der Waals surface area contributed by atoms with E-state index >= 15 is 0 Å². The van der Waals surface area contributed by atoms with Crippen LogP contribution < -0.4 is 11.1 Å². The van der Waals surface area contributed by atoms with Gasteiger partial charge in [-0.15, -0.1) is 0 Å². The lowest BCUT2D eigenvalue weighted by Gasteiger charge is -2.35. The standard InChI is InChI=1S/C20H23N3O/c1-20-13-23(11-14-7-3-2-4-8-14)12-17(20)22-19(24)16-10-6-5-9-15(16)18(20)21/h2-10,17-18H,11-13,21H2,1H3,(H,22,24)/t17-,18-,20-/m0/s1. The molecule has 124 valence electrons. The van der Waals surface area contributed by atoms with Gasteiger partial charge in [0.1, 0.15) is 0 Å². The van der Waals surface area contributed by atoms with Gasteiger partial charge in [-0.2, -0.15) is 0 Å². The van der Waals surface area contributed by atoms with Crippen molar-refractivity contribution in [3.8, 4) is 0 Å². The fourth-order valence-corrected chi connectivity index (χ4v) is 4.18. The quantitative estimate of drug-likeness (QED) is 0.892. The summed E-state index contributed by atoms with van der Waals surface area (Å²) in [4.78, 5) is 15.0. The highest BCUT2D eigenvalue weighted by Gasteiger charge is 2.50. The zero-order valence-corrected chi connectivity index (χ0v) is 13.9. The molecule has 4 nitrogen and oxygen atoms in total. The van der Waals surface area contributed by atoms with E-state index in [0.717, 1.165) is 30.8 Å². The number of fused-ring (bicyclic) bond motifs is 2. The lowest BCUT2D eigenvalue weighted by atomic mass is 9.75. The Morgan fingerprint density at radius 2 is 1.88 bits per heavy atom. The maximum Gasteiger partial charge on any atom is 0.251 e. The Hall–Kier alpha value is -2.17. The van der Waals surface area contributed by atoms with Crippen LogP contribution in [-0.2, 0) is 6.54 Å². The van der Waals surface area contributed by atoms with Crippen LogP contribution in [0, 0.1) is 5.41 Å². The number of carbonyl (C=O) groups excluding carboxylic acids is 1. The van der Waals surface area contributed by atoms with Crippen LogP contribution in [0.5, 0.6) is 0 Å². The molecule has 3 atom stereocenters. The molecule has 1 fully saturated rings. The van der Waals surface area contributed by atoms with E-state index in [1.165, 1.54) is 5.56 Å². The fraction of sp³-hybridized carbons (Fsp3) is 0.350. The number of rotatable bonds is 2. The van der Waals surface area contributed by atoms with Crippen molar-refractivity contribution >= 4 is 5.91 Å². The summed E-state index contributed by atoms with van der Waals surface area (Å²) in [6.45, 7) is 4.80.